The molecule has 1 heteroatoms. The predicted octanol–water partition coefficient (Wildman–Crippen LogP) is 3.21. The molecule has 0 bridgehead atoms. The number of fused-ring (bicyclic) bond motifs is 1. The normalized spacial score (nSPS) is 51.0. The van der Waals surface area contributed by atoms with Crippen molar-refractivity contribution in [1.29, 1.82) is 0 Å². The van der Waals surface area contributed by atoms with Crippen LogP contribution in [0.15, 0.2) is 0 Å². The van der Waals surface area contributed by atoms with Crippen LogP contribution in [-0.2, 0) is 0 Å². The standard InChI is InChI=1S/C9H15Br/c1-2-9(6-10)4-7-3-8(7)5-9/h7-8H,2-6H2,1H3. The van der Waals surface area contributed by atoms with Crippen molar-refractivity contribution >= 4 is 15.9 Å². The zero-order chi connectivity index (χ0) is 7.19. The van der Waals surface area contributed by atoms with Crippen LogP contribution in [0.3, 0.4) is 0 Å². The largest absolute Gasteiger partial charge is 0.0922 e. The van der Waals surface area contributed by atoms with E-state index in [1.165, 1.54) is 24.6 Å². The number of halogens is 1. The van der Waals surface area contributed by atoms with Gasteiger partial charge in [0.15, 0.2) is 0 Å². The molecule has 0 aliphatic heterocycles. The SMILES string of the molecule is CCC1(CBr)CC2CC2C1. The van der Waals surface area contributed by atoms with Gasteiger partial charge in [0.05, 0.1) is 0 Å². The molecule has 0 heterocycles. The van der Waals surface area contributed by atoms with Crippen LogP contribution in [0.1, 0.15) is 32.6 Å². The molecular formula is C9H15Br. The molecule has 0 aromatic carbocycles. The second-order valence-corrected chi connectivity index (χ2v) is 4.71. The third-order valence-corrected chi connectivity index (χ3v) is 4.68. The quantitative estimate of drug-likeness (QED) is 0.604. The summed E-state index contributed by atoms with van der Waals surface area (Å²) in [4.78, 5) is 0. The summed E-state index contributed by atoms with van der Waals surface area (Å²) < 4.78 is 0. The highest BCUT2D eigenvalue weighted by molar-refractivity contribution is 9.09. The van der Waals surface area contributed by atoms with E-state index in [1.807, 2.05) is 0 Å². The first-order valence-corrected chi connectivity index (χ1v) is 5.48. The van der Waals surface area contributed by atoms with Crippen LogP contribution in [0.2, 0.25) is 0 Å². The Hall–Kier alpha value is 0.480. The van der Waals surface area contributed by atoms with Gasteiger partial charge in [-0.2, -0.15) is 0 Å². The lowest BCUT2D eigenvalue weighted by Crippen LogP contribution is -2.18. The molecule has 0 saturated heterocycles. The number of hydrogen-bond acceptors (Lipinski definition) is 0. The van der Waals surface area contributed by atoms with Crippen LogP contribution in [0.25, 0.3) is 0 Å². The minimum absolute atomic E-state index is 0.716. The molecule has 2 fully saturated rings. The Bertz CT molecular complexity index is 126. The molecule has 0 spiro atoms. The molecule has 0 amide bonds. The molecule has 2 aliphatic carbocycles. The molecule has 0 aromatic heterocycles. The maximum Gasteiger partial charge on any atom is 0.00880 e. The molecular weight excluding hydrogens is 188 g/mol. The molecule has 2 rings (SSSR count). The van der Waals surface area contributed by atoms with Crippen molar-refractivity contribution < 1.29 is 0 Å². The molecule has 0 N–H and O–H groups in total. The highest BCUT2D eigenvalue weighted by Gasteiger charge is 2.52. The van der Waals surface area contributed by atoms with Crippen molar-refractivity contribution in [3.05, 3.63) is 0 Å². The van der Waals surface area contributed by atoms with Gasteiger partial charge in [0.1, 0.15) is 0 Å². The summed E-state index contributed by atoms with van der Waals surface area (Å²) in [7, 11) is 0. The zero-order valence-electron chi connectivity index (χ0n) is 6.57. The van der Waals surface area contributed by atoms with E-state index < -0.39 is 0 Å². The monoisotopic (exact) mass is 202 g/mol. The van der Waals surface area contributed by atoms with Gasteiger partial charge in [-0.25, -0.2) is 0 Å². The van der Waals surface area contributed by atoms with E-state index in [0.717, 1.165) is 11.8 Å². The number of alkyl halides is 1. The van der Waals surface area contributed by atoms with Crippen molar-refractivity contribution in [3.8, 4) is 0 Å². The smallest absolute Gasteiger partial charge is 0.00880 e. The van der Waals surface area contributed by atoms with E-state index in [4.69, 9.17) is 0 Å². The summed E-state index contributed by atoms with van der Waals surface area (Å²) in [6.45, 7) is 2.34. The molecule has 2 atom stereocenters. The van der Waals surface area contributed by atoms with Crippen LogP contribution in [-0.4, -0.2) is 5.33 Å². The summed E-state index contributed by atoms with van der Waals surface area (Å²) in [6.07, 6.45) is 5.96. The summed E-state index contributed by atoms with van der Waals surface area (Å²) in [5.41, 5.74) is 0.716. The fraction of sp³-hybridized carbons (Fsp3) is 1.00. The van der Waals surface area contributed by atoms with Crippen molar-refractivity contribution in [1.82, 2.24) is 0 Å². The summed E-state index contributed by atoms with van der Waals surface area (Å²) in [5, 5.41) is 1.24. The van der Waals surface area contributed by atoms with Gasteiger partial charge in [-0.15, -0.1) is 0 Å². The average molecular weight is 203 g/mol. The molecule has 0 radical (unpaired) electrons. The molecule has 2 saturated carbocycles. The average Bonchev–Trinajstić information content (AvgIpc) is 2.60. The first kappa shape index (κ1) is 7.15. The third kappa shape index (κ3) is 0.939. The van der Waals surface area contributed by atoms with Crippen molar-refractivity contribution in [3.63, 3.8) is 0 Å². The summed E-state index contributed by atoms with van der Waals surface area (Å²) in [6, 6.07) is 0. The highest BCUT2D eigenvalue weighted by Crippen LogP contribution is 2.61. The van der Waals surface area contributed by atoms with E-state index >= 15 is 0 Å². The lowest BCUT2D eigenvalue weighted by atomic mass is 9.83. The lowest BCUT2D eigenvalue weighted by Gasteiger charge is -2.26. The molecule has 0 aromatic rings. The van der Waals surface area contributed by atoms with Crippen molar-refractivity contribution in [2.24, 2.45) is 17.3 Å². The Morgan fingerprint density at radius 1 is 1.40 bits per heavy atom. The minimum Gasteiger partial charge on any atom is -0.0922 e. The van der Waals surface area contributed by atoms with E-state index in [1.54, 1.807) is 6.42 Å². The van der Waals surface area contributed by atoms with Crippen LogP contribution in [0.5, 0.6) is 0 Å². The van der Waals surface area contributed by atoms with Gasteiger partial charge in [-0.05, 0) is 42.9 Å². The second kappa shape index (κ2) is 2.23. The van der Waals surface area contributed by atoms with Crippen LogP contribution >= 0.6 is 15.9 Å². The molecule has 10 heavy (non-hydrogen) atoms. The van der Waals surface area contributed by atoms with Gasteiger partial charge in [0, 0.05) is 5.33 Å². The van der Waals surface area contributed by atoms with E-state index in [0.29, 0.717) is 5.41 Å². The predicted molar refractivity (Wildman–Crippen MR) is 47.3 cm³/mol. The fourth-order valence-electron chi connectivity index (χ4n) is 2.50. The third-order valence-electron chi connectivity index (χ3n) is 3.49. The van der Waals surface area contributed by atoms with Gasteiger partial charge in [-0.1, -0.05) is 22.9 Å². The molecule has 2 aliphatic rings. The van der Waals surface area contributed by atoms with Crippen LogP contribution < -0.4 is 0 Å². The van der Waals surface area contributed by atoms with E-state index in [2.05, 4.69) is 22.9 Å². The van der Waals surface area contributed by atoms with Gasteiger partial charge in [0.2, 0.25) is 0 Å². The Balaban J connectivity index is 2.02. The first-order valence-electron chi connectivity index (χ1n) is 4.35. The Labute approximate surface area is 71.5 Å². The topological polar surface area (TPSA) is 0 Å². The summed E-state index contributed by atoms with van der Waals surface area (Å²) >= 11 is 3.64. The van der Waals surface area contributed by atoms with Crippen molar-refractivity contribution in [2.75, 3.05) is 5.33 Å². The maximum atomic E-state index is 3.64. The number of rotatable bonds is 2. The Morgan fingerprint density at radius 2 is 2.00 bits per heavy atom. The van der Waals surface area contributed by atoms with Gasteiger partial charge >= 0.3 is 0 Å². The van der Waals surface area contributed by atoms with Crippen molar-refractivity contribution in [2.45, 2.75) is 32.6 Å². The van der Waals surface area contributed by atoms with E-state index in [-0.39, 0.29) is 0 Å². The lowest BCUT2D eigenvalue weighted by molar-refractivity contribution is 0.298. The maximum absolute atomic E-state index is 3.64. The molecule has 0 nitrogen and oxygen atoms in total. The van der Waals surface area contributed by atoms with Gasteiger partial charge in [0.25, 0.3) is 0 Å². The van der Waals surface area contributed by atoms with Gasteiger partial charge < -0.3 is 0 Å². The number of hydrogen-bond donors (Lipinski definition) is 0. The Morgan fingerprint density at radius 3 is 2.30 bits per heavy atom. The fourth-order valence-corrected chi connectivity index (χ4v) is 3.35. The summed E-state index contributed by atoms with van der Waals surface area (Å²) in [5.74, 6) is 2.27. The van der Waals surface area contributed by atoms with E-state index in [9.17, 15) is 0 Å². The zero-order valence-corrected chi connectivity index (χ0v) is 8.15. The van der Waals surface area contributed by atoms with Crippen LogP contribution in [0.4, 0.5) is 0 Å². The minimum atomic E-state index is 0.716. The second-order valence-electron chi connectivity index (χ2n) is 4.15. The highest BCUT2D eigenvalue weighted by atomic mass is 79.9. The van der Waals surface area contributed by atoms with Gasteiger partial charge in [-0.3, -0.25) is 0 Å². The van der Waals surface area contributed by atoms with Crippen LogP contribution in [0, 0.1) is 17.3 Å². The Kier molecular flexibility index (Phi) is 1.59. The molecule has 58 valence electrons. The molecule has 2 unspecified atom stereocenters. The first-order chi connectivity index (χ1) is 4.79.